The van der Waals surface area contributed by atoms with Crippen LogP contribution < -0.4 is 4.72 Å². The molecule has 0 aliphatic rings. The summed E-state index contributed by atoms with van der Waals surface area (Å²) in [6.45, 7) is -0.122. The molecule has 0 aliphatic heterocycles. The first-order valence-corrected chi connectivity index (χ1v) is 9.04. The number of aliphatic hydroxyl groups is 1. The monoisotopic (exact) mass is 357 g/mol. The first-order valence-electron chi connectivity index (χ1n) is 5.05. The molecule has 0 saturated carbocycles. The van der Waals surface area contributed by atoms with Crippen LogP contribution in [0.4, 0.5) is 0 Å². The van der Waals surface area contributed by atoms with Crippen molar-refractivity contribution in [2.75, 3.05) is 6.54 Å². The van der Waals surface area contributed by atoms with Crippen LogP contribution in [-0.4, -0.2) is 20.1 Å². The van der Waals surface area contributed by atoms with Gasteiger partial charge in [0.05, 0.1) is 10.4 Å². The first kappa shape index (κ1) is 15.2. The Morgan fingerprint density at radius 2 is 2.16 bits per heavy atom. The quantitative estimate of drug-likeness (QED) is 0.863. The van der Waals surface area contributed by atoms with Crippen molar-refractivity contribution < 1.29 is 13.5 Å². The third kappa shape index (κ3) is 3.69. The van der Waals surface area contributed by atoms with Crippen molar-refractivity contribution in [2.45, 2.75) is 11.0 Å². The van der Waals surface area contributed by atoms with E-state index in [9.17, 15) is 13.5 Å². The summed E-state index contributed by atoms with van der Waals surface area (Å²) in [7, 11) is -3.77. The van der Waals surface area contributed by atoms with Gasteiger partial charge in [0.15, 0.2) is 0 Å². The summed E-state index contributed by atoms with van der Waals surface area (Å²) in [5, 5.41) is 13.4. The molecule has 2 heterocycles. The van der Waals surface area contributed by atoms with Crippen molar-refractivity contribution in [1.82, 2.24) is 4.72 Å². The van der Waals surface area contributed by atoms with Gasteiger partial charge in [-0.15, -0.1) is 11.3 Å². The van der Waals surface area contributed by atoms with E-state index in [2.05, 4.69) is 4.72 Å². The second-order valence-electron chi connectivity index (χ2n) is 3.61. The molecule has 2 N–H and O–H groups in total. The van der Waals surface area contributed by atoms with E-state index in [1.165, 1.54) is 17.4 Å². The van der Waals surface area contributed by atoms with Crippen LogP contribution >= 0.6 is 45.9 Å². The molecule has 0 aromatic carbocycles. The second-order valence-corrected chi connectivity index (χ2v) is 8.41. The van der Waals surface area contributed by atoms with Crippen LogP contribution in [0.2, 0.25) is 8.67 Å². The van der Waals surface area contributed by atoms with E-state index in [1.807, 2.05) is 5.38 Å². The summed E-state index contributed by atoms with van der Waals surface area (Å²) in [6.07, 6.45) is -0.895. The highest BCUT2D eigenvalue weighted by Crippen LogP contribution is 2.34. The third-order valence-electron chi connectivity index (χ3n) is 2.31. The summed E-state index contributed by atoms with van der Waals surface area (Å²) >= 11 is 13.9. The molecule has 2 rings (SSSR count). The number of sulfonamides is 1. The molecule has 1 unspecified atom stereocenters. The van der Waals surface area contributed by atoms with E-state index in [1.54, 1.807) is 11.4 Å². The standard InChI is InChI=1S/C10H9Cl2NO3S3/c11-9-3-8(10(12)18-9)19(15,16)13-4-7(14)6-1-2-17-5-6/h1-3,5,7,13-14H,4H2. The highest BCUT2D eigenvalue weighted by molar-refractivity contribution is 7.89. The molecule has 104 valence electrons. The molecule has 0 amide bonds. The van der Waals surface area contributed by atoms with Gasteiger partial charge in [0.2, 0.25) is 10.0 Å². The number of nitrogens with one attached hydrogen (secondary N) is 1. The van der Waals surface area contributed by atoms with Crippen LogP contribution in [0.5, 0.6) is 0 Å². The molecule has 0 fully saturated rings. The van der Waals surface area contributed by atoms with Crippen LogP contribution in [0.1, 0.15) is 11.7 Å². The number of thiophene rings is 2. The normalized spacial score (nSPS) is 13.6. The zero-order valence-electron chi connectivity index (χ0n) is 9.34. The molecule has 4 nitrogen and oxygen atoms in total. The van der Waals surface area contributed by atoms with Crippen LogP contribution in [0, 0.1) is 0 Å². The Morgan fingerprint density at radius 3 is 2.68 bits per heavy atom. The van der Waals surface area contributed by atoms with Crippen molar-refractivity contribution in [3.8, 4) is 0 Å². The van der Waals surface area contributed by atoms with Crippen molar-refractivity contribution in [1.29, 1.82) is 0 Å². The maximum atomic E-state index is 12.0. The molecule has 1 atom stereocenters. The fourth-order valence-corrected chi connectivity index (χ4v) is 5.25. The maximum Gasteiger partial charge on any atom is 0.243 e. The van der Waals surface area contributed by atoms with Crippen LogP contribution in [-0.2, 0) is 10.0 Å². The largest absolute Gasteiger partial charge is 0.387 e. The highest BCUT2D eigenvalue weighted by atomic mass is 35.5. The van der Waals surface area contributed by atoms with E-state index in [0.717, 1.165) is 11.3 Å². The average Bonchev–Trinajstić information content (AvgIpc) is 2.96. The first-order chi connectivity index (χ1) is 8.90. The summed E-state index contributed by atoms with van der Waals surface area (Å²) in [5.74, 6) is 0. The molecule has 2 aromatic heterocycles. The van der Waals surface area contributed by atoms with Gasteiger partial charge in [-0.05, 0) is 28.5 Å². The van der Waals surface area contributed by atoms with Gasteiger partial charge in [-0.25, -0.2) is 13.1 Å². The predicted molar refractivity (Wildman–Crippen MR) is 78.8 cm³/mol. The van der Waals surface area contributed by atoms with E-state index >= 15 is 0 Å². The lowest BCUT2D eigenvalue weighted by Gasteiger charge is -2.10. The molecule has 0 saturated heterocycles. The fourth-order valence-electron chi connectivity index (χ4n) is 1.36. The molecule has 0 aliphatic carbocycles. The minimum Gasteiger partial charge on any atom is -0.387 e. The summed E-state index contributed by atoms with van der Waals surface area (Å²) < 4.78 is 26.7. The Labute approximate surface area is 128 Å². The number of halogens is 2. The zero-order chi connectivity index (χ0) is 14.0. The molecule has 0 radical (unpaired) electrons. The molecule has 9 heteroatoms. The van der Waals surface area contributed by atoms with Gasteiger partial charge >= 0.3 is 0 Å². The van der Waals surface area contributed by atoms with Gasteiger partial charge in [0, 0.05) is 6.54 Å². The summed E-state index contributed by atoms with van der Waals surface area (Å²) in [6, 6.07) is 3.02. The molecule has 19 heavy (non-hydrogen) atoms. The van der Waals surface area contributed by atoms with Gasteiger partial charge in [-0.3, -0.25) is 0 Å². The van der Waals surface area contributed by atoms with E-state index in [-0.39, 0.29) is 15.8 Å². The molecule has 0 bridgehead atoms. The number of hydrogen-bond donors (Lipinski definition) is 2. The number of rotatable bonds is 5. The molecular formula is C10H9Cl2NO3S3. The lowest BCUT2D eigenvalue weighted by atomic mass is 10.2. The second kappa shape index (κ2) is 6.09. The SMILES string of the molecule is O=S(=O)(NCC(O)c1ccsc1)c1cc(Cl)sc1Cl. The Bertz CT molecular complexity index is 652. The lowest BCUT2D eigenvalue weighted by molar-refractivity contribution is 0.182. The van der Waals surface area contributed by atoms with Gasteiger partial charge in [0.25, 0.3) is 0 Å². The van der Waals surface area contributed by atoms with E-state index in [4.69, 9.17) is 23.2 Å². The number of hydrogen-bond acceptors (Lipinski definition) is 5. The van der Waals surface area contributed by atoms with Crippen molar-refractivity contribution in [3.05, 3.63) is 37.1 Å². The van der Waals surface area contributed by atoms with Gasteiger partial charge in [0.1, 0.15) is 9.23 Å². The summed E-state index contributed by atoms with van der Waals surface area (Å²) in [5.41, 5.74) is 0.669. The van der Waals surface area contributed by atoms with Crippen LogP contribution in [0.15, 0.2) is 27.8 Å². The zero-order valence-corrected chi connectivity index (χ0v) is 13.3. The Balaban J connectivity index is 2.08. The smallest absolute Gasteiger partial charge is 0.243 e. The number of aliphatic hydroxyl groups excluding tert-OH is 1. The summed E-state index contributed by atoms with van der Waals surface area (Å²) in [4.78, 5) is -0.0679. The average molecular weight is 358 g/mol. The van der Waals surface area contributed by atoms with Crippen molar-refractivity contribution in [2.24, 2.45) is 0 Å². The van der Waals surface area contributed by atoms with Crippen molar-refractivity contribution >= 4 is 55.9 Å². The van der Waals surface area contributed by atoms with E-state index < -0.39 is 16.1 Å². The Kier molecular flexibility index (Phi) is 4.88. The minimum absolute atomic E-state index is 0.0679. The molecular weight excluding hydrogens is 349 g/mol. The molecule has 0 spiro atoms. The van der Waals surface area contributed by atoms with Crippen LogP contribution in [0.25, 0.3) is 0 Å². The van der Waals surface area contributed by atoms with Crippen molar-refractivity contribution in [3.63, 3.8) is 0 Å². The topological polar surface area (TPSA) is 66.4 Å². The lowest BCUT2D eigenvalue weighted by Crippen LogP contribution is -2.28. The van der Waals surface area contributed by atoms with Gasteiger partial charge < -0.3 is 5.11 Å². The van der Waals surface area contributed by atoms with Gasteiger partial charge in [-0.2, -0.15) is 11.3 Å². The Morgan fingerprint density at radius 1 is 1.42 bits per heavy atom. The third-order valence-corrected chi connectivity index (χ3v) is 6.19. The highest BCUT2D eigenvalue weighted by Gasteiger charge is 2.22. The predicted octanol–water partition coefficient (Wildman–Crippen LogP) is 3.13. The fraction of sp³-hybridized carbons (Fsp3) is 0.200. The van der Waals surface area contributed by atoms with E-state index in [0.29, 0.717) is 9.90 Å². The van der Waals surface area contributed by atoms with Crippen LogP contribution in [0.3, 0.4) is 0 Å². The van der Waals surface area contributed by atoms with Gasteiger partial charge in [-0.1, -0.05) is 23.2 Å². The molecule has 2 aromatic rings. The minimum atomic E-state index is -3.77. The maximum absolute atomic E-state index is 12.0. The Hall–Kier alpha value is -0.150.